The summed E-state index contributed by atoms with van der Waals surface area (Å²) in [6.45, 7) is 8.16. The Labute approximate surface area is 110 Å². The molecule has 1 aromatic heterocycles. The van der Waals surface area contributed by atoms with E-state index in [4.69, 9.17) is 12.2 Å². The fraction of sp³-hybridized carbons (Fsp3) is 0.455. The number of anilines is 1. The van der Waals surface area contributed by atoms with Gasteiger partial charge in [-0.3, -0.25) is 0 Å². The molecular weight excluding hydrogens is 286 g/mol. The minimum absolute atomic E-state index is 0.0543. The largest absolute Gasteiger partial charge is 0.358 e. The molecule has 0 aromatic carbocycles. The van der Waals surface area contributed by atoms with Crippen molar-refractivity contribution in [2.75, 3.05) is 5.32 Å². The first-order valence-electron chi connectivity index (χ1n) is 4.99. The molecule has 0 spiro atoms. The first-order valence-corrected chi connectivity index (χ1v) is 6.19. The van der Waals surface area contributed by atoms with Gasteiger partial charge < -0.3 is 10.6 Å². The van der Waals surface area contributed by atoms with Crippen molar-refractivity contribution < 1.29 is 0 Å². The molecule has 2 N–H and O–H groups in total. The van der Waals surface area contributed by atoms with Gasteiger partial charge in [-0.1, -0.05) is 0 Å². The highest BCUT2D eigenvalue weighted by Crippen LogP contribution is 2.20. The Kier molecular flexibility index (Phi) is 4.27. The molecule has 1 aromatic rings. The third kappa shape index (κ3) is 4.45. The van der Waals surface area contributed by atoms with E-state index in [9.17, 15) is 0 Å². The van der Waals surface area contributed by atoms with Crippen LogP contribution in [0.4, 0.5) is 5.82 Å². The summed E-state index contributed by atoms with van der Waals surface area (Å²) in [4.78, 5) is 4.26. The maximum absolute atomic E-state index is 5.19. The van der Waals surface area contributed by atoms with Gasteiger partial charge in [0.15, 0.2) is 5.11 Å². The Morgan fingerprint density at radius 2 is 2.06 bits per heavy atom. The second-order valence-electron chi connectivity index (χ2n) is 4.67. The lowest BCUT2D eigenvalue weighted by atomic mass is 10.1. The number of pyridine rings is 1. The van der Waals surface area contributed by atoms with Crippen LogP contribution in [0.15, 0.2) is 16.7 Å². The molecule has 0 fully saturated rings. The predicted octanol–water partition coefficient (Wildman–Crippen LogP) is 3.24. The monoisotopic (exact) mass is 301 g/mol. The van der Waals surface area contributed by atoms with Crippen molar-refractivity contribution in [3.05, 3.63) is 22.3 Å². The van der Waals surface area contributed by atoms with E-state index in [0.29, 0.717) is 5.11 Å². The normalized spacial score (nSPS) is 11.1. The van der Waals surface area contributed by atoms with E-state index in [-0.39, 0.29) is 5.54 Å². The van der Waals surface area contributed by atoms with Gasteiger partial charge in [0.25, 0.3) is 0 Å². The molecule has 0 bridgehead atoms. The number of nitrogens with one attached hydrogen (secondary N) is 2. The second kappa shape index (κ2) is 5.10. The molecule has 0 unspecified atom stereocenters. The maximum Gasteiger partial charge on any atom is 0.172 e. The third-order valence-electron chi connectivity index (χ3n) is 1.70. The Morgan fingerprint density at radius 3 is 2.56 bits per heavy atom. The van der Waals surface area contributed by atoms with Crippen molar-refractivity contribution in [3.8, 4) is 0 Å². The lowest BCUT2D eigenvalue weighted by Gasteiger charge is -2.23. The molecule has 16 heavy (non-hydrogen) atoms. The highest BCUT2D eigenvalue weighted by Gasteiger charge is 2.12. The van der Waals surface area contributed by atoms with Crippen molar-refractivity contribution in [1.29, 1.82) is 0 Å². The van der Waals surface area contributed by atoms with Crippen LogP contribution in [0.5, 0.6) is 0 Å². The number of aromatic nitrogens is 1. The van der Waals surface area contributed by atoms with Crippen molar-refractivity contribution in [1.82, 2.24) is 10.3 Å². The SMILES string of the molecule is Cc1cnc(NC(=S)NC(C)(C)C)c(Br)c1. The lowest BCUT2D eigenvalue weighted by molar-refractivity contribution is 0.515. The van der Waals surface area contributed by atoms with E-state index in [0.717, 1.165) is 15.9 Å². The van der Waals surface area contributed by atoms with Gasteiger partial charge in [-0.05, 0) is 67.5 Å². The fourth-order valence-corrected chi connectivity index (χ4v) is 2.07. The zero-order chi connectivity index (χ0) is 12.3. The van der Waals surface area contributed by atoms with Crippen LogP contribution in [-0.2, 0) is 0 Å². The van der Waals surface area contributed by atoms with E-state index in [1.165, 1.54) is 0 Å². The fourth-order valence-electron chi connectivity index (χ4n) is 1.10. The van der Waals surface area contributed by atoms with Crippen LogP contribution in [0.1, 0.15) is 26.3 Å². The van der Waals surface area contributed by atoms with E-state index in [2.05, 4.69) is 52.3 Å². The molecule has 0 atom stereocenters. The standard InChI is InChI=1S/C11H16BrN3S/c1-7-5-8(12)9(13-6-7)14-10(16)15-11(2,3)4/h5-6H,1-4H3,(H2,13,14,15,16). The van der Waals surface area contributed by atoms with Crippen molar-refractivity contribution in [2.24, 2.45) is 0 Å². The smallest absolute Gasteiger partial charge is 0.172 e. The molecule has 0 amide bonds. The van der Waals surface area contributed by atoms with Gasteiger partial charge in [0.1, 0.15) is 5.82 Å². The van der Waals surface area contributed by atoms with Gasteiger partial charge in [-0.2, -0.15) is 0 Å². The summed E-state index contributed by atoms with van der Waals surface area (Å²) in [6.07, 6.45) is 1.80. The number of hydrogen-bond acceptors (Lipinski definition) is 2. The van der Waals surface area contributed by atoms with Crippen molar-refractivity contribution in [2.45, 2.75) is 33.2 Å². The van der Waals surface area contributed by atoms with Crippen molar-refractivity contribution in [3.63, 3.8) is 0 Å². The summed E-state index contributed by atoms with van der Waals surface area (Å²) in [7, 11) is 0. The van der Waals surface area contributed by atoms with Crippen molar-refractivity contribution >= 4 is 39.1 Å². The topological polar surface area (TPSA) is 37.0 Å². The lowest BCUT2D eigenvalue weighted by Crippen LogP contribution is -2.43. The van der Waals surface area contributed by atoms with Gasteiger partial charge in [0.2, 0.25) is 0 Å². The molecule has 0 saturated heterocycles. The maximum atomic E-state index is 5.19. The second-order valence-corrected chi connectivity index (χ2v) is 5.93. The average molecular weight is 302 g/mol. The molecule has 0 aliphatic heterocycles. The Hall–Kier alpha value is -0.680. The molecule has 88 valence electrons. The van der Waals surface area contributed by atoms with Crippen LogP contribution >= 0.6 is 28.1 Å². The molecular formula is C11H16BrN3S. The highest BCUT2D eigenvalue weighted by molar-refractivity contribution is 9.10. The Morgan fingerprint density at radius 1 is 1.44 bits per heavy atom. The van der Waals surface area contributed by atoms with Crippen LogP contribution in [0.3, 0.4) is 0 Å². The van der Waals surface area contributed by atoms with Crippen LogP contribution in [0.2, 0.25) is 0 Å². The number of rotatable bonds is 1. The summed E-state index contributed by atoms with van der Waals surface area (Å²) in [5.74, 6) is 0.729. The third-order valence-corrected chi connectivity index (χ3v) is 2.51. The van der Waals surface area contributed by atoms with Crippen LogP contribution in [0.25, 0.3) is 0 Å². The molecule has 0 saturated carbocycles. The molecule has 0 aliphatic carbocycles. The van der Waals surface area contributed by atoms with Crippen LogP contribution in [-0.4, -0.2) is 15.6 Å². The zero-order valence-corrected chi connectivity index (χ0v) is 12.3. The number of nitrogens with zero attached hydrogens (tertiary/aromatic N) is 1. The summed E-state index contributed by atoms with van der Waals surface area (Å²) >= 11 is 8.64. The van der Waals surface area contributed by atoms with Gasteiger partial charge >= 0.3 is 0 Å². The minimum Gasteiger partial charge on any atom is -0.358 e. The van der Waals surface area contributed by atoms with E-state index < -0.39 is 0 Å². The summed E-state index contributed by atoms with van der Waals surface area (Å²) in [6, 6.07) is 2.00. The predicted molar refractivity (Wildman–Crippen MR) is 75.8 cm³/mol. The van der Waals surface area contributed by atoms with Gasteiger partial charge in [-0.15, -0.1) is 0 Å². The molecule has 0 radical (unpaired) electrons. The molecule has 5 heteroatoms. The van der Waals surface area contributed by atoms with Gasteiger partial charge in [-0.25, -0.2) is 4.98 Å². The minimum atomic E-state index is -0.0543. The number of hydrogen-bond donors (Lipinski definition) is 2. The first kappa shape index (κ1) is 13.4. The average Bonchev–Trinajstić information content (AvgIpc) is 2.06. The summed E-state index contributed by atoms with van der Waals surface area (Å²) in [5.41, 5.74) is 1.05. The highest BCUT2D eigenvalue weighted by atomic mass is 79.9. The van der Waals surface area contributed by atoms with E-state index >= 15 is 0 Å². The van der Waals surface area contributed by atoms with Gasteiger partial charge in [0.05, 0.1) is 4.47 Å². The number of thiocarbonyl (C=S) groups is 1. The zero-order valence-electron chi connectivity index (χ0n) is 9.89. The van der Waals surface area contributed by atoms with E-state index in [1.807, 2.05) is 13.0 Å². The summed E-state index contributed by atoms with van der Waals surface area (Å²) < 4.78 is 0.908. The number of halogens is 1. The summed E-state index contributed by atoms with van der Waals surface area (Å²) in [5, 5.41) is 6.80. The van der Waals surface area contributed by atoms with E-state index in [1.54, 1.807) is 6.20 Å². The Balaban J connectivity index is 2.70. The quantitative estimate of drug-likeness (QED) is 0.781. The Bertz CT molecular complexity index is 399. The van der Waals surface area contributed by atoms with Crippen LogP contribution < -0.4 is 10.6 Å². The molecule has 3 nitrogen and oxygen atoms in total. The number of aryl methyl sites for hydroxylation is 1. The molecule has 1 rings (SSSR count). The van der Waals surface area contributed by atoms with Crippen LogP contribution in [0, 0.1) is 6.92 Å². The molecule has 0 aliphatic rings. The first-order chi connectivity index (χ1) is 7.28. The van der Waals surface area contributed by atoms with Gasteiger partial charge in [0, 0.05) is 11.7 Å². The molecule has 1 heterocycles.